The van der Waals surface area contributed by atoms with Gasteiger partial charge in [-0.3, -0.25) is 4.79 Å². The van der Waals surface area contributed by atoms with E-state index in [4.69, 9.17) is 0 Å². The topological polar surface area (TPSA) is 81.6 Å². The van der Waals surface area contributed by atoms with Gasteiger partial charge in [-0.15, -0.1) is 0 Å². The zero-order valence-electron chi connectivity index (χ0n) is 19.3. The number of carbonyl (C=O) groups is 1. The van der Waals surface area contributed by atoms with Crippen LogP contribution in [0.15, 0.2) is 29.0 Å². The monoisotopic (exact) mass is 519 g/mol. The first-order chi connectivity index (χ1) is 15.8. The van der Waals surface area contributed by atoms with E-state index in [2.05, 4.69) is 43.0 Å². The number of aliphatic hydroxyl groups excluding tert-OH is 1. The number of amides is 1. The Kier molecular flexibility index (Phi) is 7.31. The van der Waals surface area contributed by atoms with Crippen LogP contribution in [-0.2, 0) is 4.79 Å². The number of benzene rings is 1. The summed E-state index contributed by atoms with van der Waals surface area (Å²) in [4.78, 5) is 26.4. The molecule has 0 saturated carbocycles. The number of hydrogen-bond acceptors (Lipinski definition) is 6. The van der Waals surface area contributed by atoms with Crippen LogP contribution < -0.4 is 10.2 Å². The number of halogens is 2. The number of carbonyl (C=O) groups excluding carboxylic acids is 1. The summed E-state index contributed by atoms with van der Waals surface area (Å²) in [5.41, 5.74) is 2.42. The summed E-state index contributed by atoms with van der Waals surface area (Å²) in [5.74, 6) is 0.239. The zero-order valence-corrected chi connectivity index (χ0v) is 20.8. The number of aromatic nitrogens is 2. The SMILES string of the molecule is CC(C)NC[C@@H](C(=O)N1CCN(c2ncnc3c2[C@H](C)C[C@@H]3O)CC1)c1ccc(Br)c(F)c1. The summed E-state index contributed by atoms with van der Waals surface area (Å²) in [5, 5.41) is 13.6. The summed E-state index contributed by atoms with van der Waals surface area (Å²) in [6, 6.07) is 5.13. The minimum Gasteiger partial charge on any atom is -0.387 e. The Morgan fingerprint density at radius 1 is 1.27 bits per heavy atom. The highest BCUT2D eigenvalue weighted by Gasteiger charge is 2.35. The Morgan fingerprint density at radius 2 is 2.00 bits per heavy atom. The van der Waals surface area contributed by atoms with E-state index < -0.39 is 12.0 Å². The molecule has 1 aliphatic heterocycles. The number of hydrogen-bond donors (Lipinski definition) is 2. The number of nitrogens with zero attached hydrogens (tertiary/aromatic N) is 4. The Morgan fingerprint density at radius 3 is 2.67 bits per heavy atom. The number of rotatable bonds is 6. The molecule has 1 aromatic heterocycles. The minimum atomic E-state index is -0.542. The second kappa shape index (κ2) is 10.0. The first-order valence-electron chi connectivity index (χ1n) is 11.5. The molecule has 2 heterocycles. The molecule has 1 aromatic carbocycles. The Hall–Kier alpha value is -2.10. The number of fused-ring (bicyclic) bond motifs is 1. The molecule has 9 heteroatoms. The van der Waals surface area contributed by atoms with Gasteiger partial charge in [-0.2, -0.15) is 0 Å². The Balaban J connectivity index is 1.49. The number of nitrogens with one attached hydrogen (secondary N) is 1. The van der Waals surface area contributed by atoms with E-state index in [1.807, 2.05) is 24.8 Å². The minimum absolute atomic E-state index is 0.00114. The molecular formula is C24H31BrFN5O2. The molecule has 178 valence electrons. The van der Waals surface area contributed by atoms with Crippen molar-refractivity contribution in [2.24, 2.45) is 0 Å². The third-order valence-electron chi connectivity index (χ3n) is 6.54. The van der Waals surface area contributed by atoms with E-state index in [0.29, 0.717) is 49.2 Å². The molecular weight excluding hydrogens is 489 g/mol. The quantitative estimate of drug-likeness (QED) is 0.608. The summed E-state index contributed by atoms with van der Waals surface area (Å²) >= 11 is 3.19. The lowest BCUT2D eigenvalue weighted by atomic mass is 9.96. The van der Waals surface area contributed by atoms with Crippen molar-refractivity contribution >= 4 is 27.7 Å². The normalized spacial score (nSPS) is 21.4. The molecule has 1 saturated heterocycles. The lowest BCUT2D eigenvalue weighted by Crippen LogP contribution is -2.51. The molecule has 2 aromatic rings. The fraction of sp³-hybridized carbons (Fsp3) is 0.542. The van der Waals surface area contributed by atoms with Crippen LogP contribution >= 0.6 is 15.9 Å². The summed E-state index contributed by atoms with van der Waals surface area (Å²) in [7, 11) is 0. The highest BCUT2D eigenvalue weighted by Crippen LogP contribution is 2.42. The van der Waals surface area contributed by atoms with Gasteiger partial charge in [0.05, 0.1) is 22.2 Å². The average Bonchev–Trinajstić information content (AvgIpc) is 3.09. The summed E-state index contributed by atoms with van der Waals surface area (Å²) in [6.45, 7) is 9.02. The largest absolute Gasteiger partial charge is 0.387 e. The van der Waals surface area contributed by atoms with Gasteiger partial charge < -0.3 is 20.2 Å². The second-order valence-electron chi connectivity index (χ2n) is 9.25. The van der Waals surface area contributed by atoms with Gasteiger partial charge in [0, 0.05) is 44.3 Å². The smallest absolute Gasteiger partial charge is 0.231 e. The van der Waals surface area contributed by atoms with E-state index in [-0.39, 0.29) is 23.7 Å². The molecule has 0 radical (unpaired) electrons. The number of aliphatic hydroxyl groups is 1. The molecule has 0 spiro atoms. The second-order valence-corrected chi connectivity index (χ2v) is 10.1. The van der Waals surface area contributed by atoms with Crippen LogP contribution in [0.1, 0.15) is 62.0 Å². The molecule has 1 amide bonds. The predicted molar refractivity (Wildman–Crippen MR) is 129 cm³/mol. The first kappa shape index (κ1) is 24.0. The maximum Gasteiger partial charge on any atom is 0.231 e. The van der Waals surface area contributed by atoms with Crippen molar-refractivity contribution < 1.29 is 14.3 Å². The first-order valence-corrected chi connectivity index (χ1v) is 12.3. The van der Waals surface area contributed by atoms with Crippen molar-refractivity contribution in [3.05, 3.63) is 51.6 Å². The molecule has 33 heavy (non-hydrogen) atoms. The molecule has 2 N–H and O–H groups in total. The zero-order chi connectivity index (χ0) is 23.7. The van der Waals surface area contributed by atoms with Crippen molar-refractivity contribution in [3.8, 4) is 0 Å². The highest BCUT2D eigenvalue weighted by molar-refractivity contribution is 9.10. The number of piperazine rings is 1. The lowest BCUT2D eigenvalue weighted by Gasteiger charge is -2.38. The molecule has 1 aliphatic carbocycles. The van der Waals surface area contributed by atoms with Gasteiger partial charge in [-0.1, -0.05) is 26.8 Å². The van der Waals surface area contributed by atoms with Gasteiger partial charge in [0.25, 0.3) is 0 Å². The van der Waals surface area contributed by atoms with E-state index >= 15 is 0 Å². The molecule has 0 unspecified atom stereocenters. The standard InChI is InChI=1S/C24H31BrFN5O2/c1-14(2)27-12-17(16-4-5-18(25)19(26)11-16)24(33)31-8-6-30(7-9-31)23-21-15(3)10-20(32)22(21)28-13-29-23/h4-5,11,13-15,17,20,27,32H,6-10,12H2,1-3H3/t15-,17-,20+/m1/s1. The third-order valence-corrected chi connectivity index (χ3v) is 7.19. The van der Waals surface area contributed by atoms with Gasteiger partial charge in [-0.05, 0) is 46.0 Å². The van der Waals surface area contributed by atoms with E-state index in [1.54, 1.807) is 6.07 Å². The van der Waals surface area contributed by atoms with Crippen LogP contribution in [0.5, 0.6) is 0 Å². The van der Waals surface area contributed by atoms with E-state index in [0.717, 1.165) is 17.1 Å². The van der Waals surface area contributed by atoms with Crippen molar-refractivity contribution in [1.29, 1.82) is 0 Å². The van der Waals surface area contributed by atoms with E-state index in [9.17, 15) is 14.3 Å². The van der Waals surface area contributed by atoms with Gasteiger partial charge in [0.1, 0.15) is 18.0 Å². The van der Waals surface area contributed by atoms with Crippen molar-refractivity contribution in [2.45, 2.75) is 51.2 Å². The van der Waals surface area contributed by atoms with Gasteiger partial charge in [0.2, 0.25) is 5.91 Å². The molecule has 2 aliphatic rings. The fourth-order valence-corrected chi connectivity index (χ4v) is 4.99. The van der Waals surface area contributed by atoms with Crippen LogP contribution in [0.4, 0.5) is 10.2 Å². The van der Waals surface area contributed by atoms with Gasteiger partial charge in [0.15, 0.2) is 0 Å². The van der Waals surface area contributed by atoms with Crippen LogP contribution in [0.25, 0.3) is 0 Å². The highest BCUT2D eigenvalue weighted by atomic mass is 79.9. The molecule has 7 nitrogen and oxygen atoms in total. The molecule has 0 bridgehead atoms. The molecule has 1 fully saturated rings. The Labute approximate surface area is 202 Å². The lowest BCUT2D eigenvalue weighted by molar-refractivity contribution is -0.133. The van der Waals surface area contributed by atoms with Crippen LogP contribution in [0.2, 0.25) is 0 Å². The van der Waals surface area contributed by atoms with Crippen molar-refractivity contribution in [1.82, 2.24) is 20.2 Å². The van der Waals surface area contributed by atoms with Crippen molar-refractivity contribution in [3.63, 3.8) is 0 Å². The van der Waals surface area contributed by atoms with Crippen LogP contribution in [0.3, 0.4) is 0 Å². The van der Waals surface area contributed by atoms with Gasteiger partial charge >= 0.3 is 0 Å². The van der Waals surface area contributed by atoms with E-state index in [1.165, 1.54) is 12.4 Å². The maximum atomic E-state index is 14.2. The summed E-state index contributed by atoms with van der Waals surface area (Å²) in [6.07, 6.45) is 1.64. The predicted octanol–water partition coefficient (Wildman–Crippen LogP) is 3.35. The van der Waals surface area contributed by atoms with Crippen molar-refractivity contribution in [2.75, 3.05) is 37.6 Å². The van der Waals surface area contributed by atoms with Crippen LogP contribution in [-0.4, -0.2) is 64.6 Å². The third kappa shape index (κ3) is 5.05. The number of anilines is 1. The van der Waals surface area contributed by atoms with Gasteiger partial charge in [-0.25, -0.2) is 14.4 Å². The van der Waals surface area contributed by atoms with Crippen LogP contribution in [0, 0.1) is 5.82 Å². The molecule has 4 rings (SSSR count). The summed E-state index contributed by atoms with van der Waals surface area (Å²) < 4.78 is 14.6. The fourth-order valence-electron chi connectivity index (χ4n) is 4.74. The maximum absolute atomic E-state index is 14.2. The molecule has 3 atom stereocenters. The average molecular weight is 520 g/mol. The Bertz CT molecular complexity index is 1010.